The van der Waals surface area contributed by atoms with E-state index in [4.69, 9.17) is 14.5 Å². The first-order valence-corrected chi connectivity index (χ1v) is 16.5. The Morgan fingerprint density at radius 2 is 1.77 bits per heavy atom. The van der Waals surface area contributed by atoms with Crippen LogP contribution in [0.5, 0.6) is 0 Å². The molecule has 48 heavy (non-hydrogen) atoms. The Kier molecular flexibility index (Phi) is 10.2. The predicted molar refractivity (Wildman–Crippen MR) is 185 cm³/mol. The van der Waals surface area contributed by atoms with Crippen LogP contribution >= 0.6 is 0 Å². The standard InChI is InChI=1S/C36H47N7O5/c1-8-25-21-39-43-31(19-30(40-32(25)43)38-20-27-16-18-41(23-29(27)44)33(45)47-35(2,3)4)42(34(46)48-36(5,6)7)22-24-12-14-26(15-13-24)28-11-9-10-17-37-28/h9-15,17,19,21,27,29,44H,8,16,18,20,22-23H2,1-7H3,(H,38,40)/t27-,29+/m1/s1. The van der Waals surface area contributed by atoms with Crippen molar-refractivity contribution < 1.29 is 24.2 Å². The number of nitrogens with one attached hydrogen (secondary N) is 1. The number of rotatable bonds is 8. The molecule has 2 N–H and O–H groups in total. The summed E-state index contributed by atoms with van der Waals surface area (Å²) >= 11 is 0. The van der Waals surface area contributed by atoms with E-state index in [9.17, 15) is 14.7 Å². The van der Waals surface area contributed by atoms with Gasteiger partial charge in [-0.25, -0.2) is 14.6 Å². The minimum Gasteiger partial charge on any atom is -0.444 e. The van der Waals surface area contributed by atoms with Gasteiger partial charge in [0.25, 0.3) is 0 Å². The van der Waals surface area contributed by atoms with Gasteiger partial charge in [-0.1, -0.05) is 37.3 Å². The van der Waals surface area contributed by atoms with Gasteiger partial charge in [-0.15, -0.1) is 0 Å². The summed E-state index contributed by atoms with van der Waals surface area (Å²) in [5, 5.41) is 19.0. The van der Waals surface area contributed by atoms with Crippen LogP contribution in [0.1, 0.15) is 66.0 Å². The van der Waals surface area contributed by atoms with Crippen LogP contribution in [0, 0.1) is 5.92 Å². The summed E-state index contributed by atoms with van der Waals surface area (Å²) < 4.78 is 13.1. The van der Waals surface area contributed by atoms with Crippen molar-refractivity contribution in [3.8, 4) is 11.3 Å². The van der Waals surface area contributed by atoms with Gasteiger partial charge in [0.1, 0.15) is 22.8 Å². The van der Waals surface area contributed by atoms with Crippen molar-refractivity contribution in [1.29, 1.82) is 0 Å². The van der Waals surface area contributed by atoms with Gasteiger partial charge < -0.3 is 24.8 Å². The van der Waals surface area contributed by atoms with E-state index in [1.807, 2.05) is 90.9 Å². The maximum absolute atomic E-state index is 13.8. The molecule has 0 aliphatic carbocycles. The van der Waals surface area contributed by atoms with E-state index in [0.29, 0.717) is 43.2 Å². The lowest BCUT2D eigenvalue weighted by Gasteiger charge is -2.36. The highest BCUT2D eigenvalue weighted by Crippen LogP contribution is 2.28. The number of piperidine rings is 1. The topological polar surface area (TPSA) is 134 Å². The van der Waals surface area contributed by atoms with E-state index in [1.54, 1.807) is 32.8 Å². The molecule has 0 unspecified atom stereocenters. The van der Waals surface area contributed by atoms with Gasteiger partial charge in [-0.3, -0.25) is 9.88 Å². The molecule has 4 heterocycles. The van der Waals surface area contributed by atoms with Crippen molar-refractivity contribution in [2.45, 2.75) is 85.2 Å². The SMILES string of the molecule is CCc1cnn2c(N(Cc3ccc(-c4ccccn4)cc3)C(=O)OC(C)(C)C)cc(NC[C@H]3CCN(C(=O)OC(C)(C)C)C[C@@H]3O)nc12. The first kappa shape index (κ1) is 34.6. The second-order valence-electron chi connectivity index (χ2n) is 14.2. The summed E-state index contributed by atoms with van der Waals surface area (Å²) in [7, 11) is 0. The van der Waals surface area contributed by atoms with E-state index >= 15 is 0 Å². The number of anilines is 2. The monoisotopic (exact) mass is 657 g/mol. The Morgan fingerprint density at radius 1 is 1.04 bits per heavy atom. The van der Waals surface area contributed by atoms with E-state index in [2.05, 4.69) is 15.4 Å². The summed E-state index contributed by atoms with van der Waals surface area (Å²) in [6.07, 6.45) is 3.13. The van der Waals surface area contributed by atoms with Gasteiger partial charge >= 0.3 is 12.2 Å². The molecule has 2 amide bonds. The minimum atomic E-state index is -0.740. The van der Waals surface area contributed by atoms with Crippen molar-refractivity contribution >= 4 is 29.5 Å². The number of ether oxygens (including phenoxy) is 2. The average Bonchev–Trinajstić information content (AvgIpc) is 3.45. The number of amides is 2. The number of aromatic nitrogens is 4. The van der Waals surface area contributed by atoms with Crippen molar-refractivity contribution in [2.75, 3.05) is 29.9 Å². The highest BCUT2D eigenvalue weighted by atomic mass is 16.6. The Hall–Kier alpha value is -4.71. The lowest BCUT2D eigenvalue weighted by molar-refractivity contribution is -0.0104. The third kappa shape index (κ3) is 8.60. The molecule has 2 atom stereocenters. The predicted octanol–water partition coefficient (Wildman–Crippen LogP) is 6.33. The molecule has 256 valence electrons. The van der Waals surface area contributed by atoms with Crippen LogP contribution < -0.4 is 10.2 Å². The maximum Gasteiger partial charge on any atom is 0.416 e. The Bertz CT molecular complexity index is 1710. The number of pyridine rings is 1. The highest BCUT2D eigenvalue weighted by Gasteiger charge is 2.33. The van der Waals surface area contributed by atoms with Crippen molar-refractivity contribution in [3.63, 3.8) is 0 Å². The second kappa shape index (κ2) is 14.2. The molecule has 5 rings (SSSR count). The molecule has 0 bridgehead atoms. The number of carbonyl (C=O) groups excluding carboxylic acids is 2. The van der Waals surface area contributed by atoms with E-state index in [1.165, 1.54) is 0 Å². The number of carbonyl (C=O) groups is 2. The zero-order valence-corrected chi connectivity index (χ0v) is 28.9. The Labute approximate surface area is 282 Å². The molecule has 1 aliphatic heterocycles. The maximum atomic E-state index is 13.8. The molecule has 1 fully saturated rings. The number of fused-ring (bicyclic) bond motifs is 1. The number of aryl methyl sites for hydroxylation is 1. The summed E-state index contributed by atoms with van der Waals surface area (Å²) in [5.74, 6) is 0.902. The molecule has 12 heteroatoms. The van der Waals surface area contributed by atoms with Gasteiger partial charge in [0, 0.05) is 42.4 Å². The number of hydrogen-bond donors (Lipinski definition) is 2. The van der Waals surface area contributed by atoms with Gasteiger partial charge in [0.15, 0.2) is 5.65 Å². The average molecular weight is 658 g/mol. The molecular formula is C36H47N7O5. The van der Waals surface area contributed by atoms with Crippen LogP contribution in [0.2, 0.25) is 0 Å². The lowest BCUT2D eigenvalue weighted by atomic mass is 9.94. The van der Waals surface area contributed by atoms with Crippen LogP contribution in [-0.4, -0.2) is 78.7 Å². The molecule has 0 spiro atoms. The molecule has 0 saturated carbocycles. The van der Waals surface area contributed by atoms with Gasteiger partial charge in [0.05, 0.1) is 31.1 Å². The van der Waals surface area contributed by atoms with Crippen LogP contribution in [0.25, 0.3) is 16.9 Å². The summed E-state index contributed by atoms with van der Waals surface area (Å²) in [5.41, 5.74) is 2.94. The number of β-amino-alcohol motifs (C(OH)–C–C–N with tert-alkyl or cyclic N) is 1. The number of likely N-dealkylation sites (tertiary alicyclic amines) is 1. The number of hydrogen-bond acceptors (Lipinski definition) is 9. The summed E-state index contributed by atoms with van der Waals surface area (Å²) in [4.78, 5) is 38.8. The third-order valence-electron chi connectivity index (χ3n) is 7.97. The molecule has 1 saturated heterocycles. The number of benzene rings is 1. The first-order valence-electron chi connectivity index (χ1n) is 16.5. The summed E-state index contributed by atoms with van der Waals surface area (Å²) in [6.45, 7) is 14.3. The zero-order chi connectivity index (χ0) is 34.6. The fourth-order valence-electron chi connectivity index (χ4n) is 5.52. The zero-order valence-electron chi connectivity index (χ0n) is 28.9. The van der Waals surface area contributed by atoms with Crippen LogP contribution in [0.4, 0.5) is 21.2 Å². The lowest BCUT2D eigenvalue weighted by Crippen LogP contribution is -2.49. The molecule has 3 aromatic heterocycles. The molecule has 4 aromatic rings. The third-order valence-corrected chi connectivity index (χ3v) is 7.97. The molecular weight excluding hydrogens is 610 g/mol. The number of nitrogens with zero attached hydrogens (tertiary/aromatic N) is 6. The van der Waals surface area contributed by atoms with Crippen LogP contribution in [-0.2, 0) is 22.4 Å². The van der Waals surface area contributed by atoms with E-state index in [0.717, 1.165) is 22.4 Å². The normalized spacial score (nSPS) is 16.9. The van der Waals surface area contributed by atoms with Crippen molar-refractivity contribution in [3.05, 3.63) is 72.1 Å². The Balaban J connectivity index is 1.41. The second-order valence-corrected chi connectivity index (χ2v) is 14.2. The van der Waals surface area contributed by atoms with Crippen LogP contribution in [0.15, 0.2) is 60.9 Å². The smallest absolute Gasteiger partial charge is 0.416 e. The fraction of sp³-hybridized carbons (Fsp3) is 0.472. The fourth-order valence-corrected chi connectivity index (χ4v) is 5.52. The first-order chi connectivity index (χ1) is 22.7. The van der Waals surface area contributed by atoms with Gasteiger partial charge in [0.2, 0.25) is 0 Å². The largest absolute Gasteiger partial charge is 0.444 e. The quantitative estimate of drug-likeness (QED) is 0.223. The molecule has 0 radical (unpaired) electrons. The van der Waals surface area contributed by atoms with Gasteiger partial charge in [-0.2, -0.15) is 9.61 Å². The van der Waals surface area contributed by atoms with E-state index in [-0.39, 0.29) is 19.0 Å². The van der Waals surface area contributed by atoms with E-state index < -0.39 is 29.5 Å². The minimum absolute atomic E-state index is 0.125. The molecule has 1 aliphatic rings. The molecule has 12 nitrogen and oxygen atoms in total. The molecule has 1 aromatic carbocycles. The summed E-state index contributed by atoms with van der Waals surface area (Å²) in [6, 6.07) is 15.5. The van der Waals surface area contributed by atoms with Crippen molar-refractivity contribution in [2.24, 2.45) is 5.92 Å². The van der Waals surface area contributed by atoms with Crippen LogP contribution in [0.3, 0.4) is 0 Å². The Morgan fingerprint density at radius 3 is 2.40 bits per heavy atom. The highest BCUT2D eigenvalue weighted by molar-refractivity contribution is 5.88. The number of aliphatic hydroxyl groups excluding tert-OH is 1. The van der Waals surface area contributed by atoms with Gasteiger partial charge in [-0.05, 0) is 72.1 Å². The number of aliphatic hydroxyl groups is 1. The van der Waals surface area contributed by atoms with Crippen molar-refractivity contribution in [1.82, 2.24) is 24.5 Å².